The Balaban J connectivity index is 1.72. The van der Waals surface area contributed by atoms with Gasteiger partial charge in [-0.05, 0) is 18.2 Å². The Morgan fingerprint density at radius 1 is 1.00 bits per heavy atom. The summed E-state index contributed by atoms with van der Waals surface area (Å²) in [4.78, 5) is 15.8. The molecule has 3 aromatic rings. The van der Waals surface area contributed by atoms with Gasteiger partial charge in [-0.25, -0.2) is 17.8 Å². The van der Waals surface area contributed by atoms with Crippen molar-refractivity contribution in [1.29, 1.82) is 0 Å². The van der Waals surface area contributed by atoms with Crippen molar-refractivity contribution in [2.24, 2.45) is 0 Å². The van der Waals surface area contributed by atoms with Gasteiger partial charge < -0.3 is 0 Å². The molecule has 25 heavy (non-hydrogen) atoms. The molecule has 0 atom stereocenters. The van der Waals surface area contributed by atoms with Crippen LogP contribution >= 0.6 is 0 Å². The highest BCUT2D eigenvalue weighted by atomic mass is 32.2. The Labute approximate surface area is 145 Å². The first kappa shape index (κ1) is 17.0. The van der Waals surface area contributed by atoms with E-state index in [4.69, 9.17) is 0 Å². The van der Waals surface area contributed by atoms with E-state index in [0.717, 1.165) is 5.56 Å². The molecule has 3 rings (SSSR count). The van der Waals surface area contributed by atoms with Crippen LogP contribution < -0.4 is 10.3 Å². The first-order valence-electron chi connectivity index (χ1n) is 7.59. The zero-order valence-electron chi connectivity index (χ0n) is 13.2. The lowest BCUT2D eigenvalue weighted by molar-refractivity contribution is 0.548. The fourth-order valence-electron chi connectivity index (χ4n) is 2.25. The third-order valence-electron chi connectivity index (χ3n) is 3.50. The number of sulfonamides is 1. The van der Waals surface area contributed by atoms with Gasteiger partial charge in [0, 0.05) is 30.6 Å². The van der Waals surface area contributed by atoms with Crippen molar-refractivity contribution in [3.63, 3.8) is 0 Å². The standard InChI is InChI=1S/C17H16N4O3S/c22-17-9-8-16(14-5-2-1-3-6-14)20-21(17)12-11-19-25(23,24)15-7-4-10-18-13-15/h1-10,13,19H,11-12H2. The Bertz CT molecular complexity index is 1000. The monoisotopic (exact) mass is 356 g/mol. The SMILES string of the molecule is O=c1ccc(-c2ccccc2)nn1CCNS(=O)(=O)c1cccnc1. The Morgan fingerprint density at radius 3 is 2.52 bits per heavy atom. The molecule has 1 aromatic carbocycles. The smallest absolute Gasteiger partial charge is 0.266 e. The van der Waals surface area contributed by atoms with E-state index in [1.165, 1.54) is 29.2 Å². The maximum Gasteiger partial charge on any atom is 0.266 e. The Kier molecular flexibility index (Phi) is 5.01. The van der Waals surface area contributed by atoms with Crippen LogP contribution in [-0.4, -0.2) is 29.7 Å². The normalized spacial score (nSPS) is 11.4. The molecule has 2 heterocycles. The van der Waals surface area contributed by atoms with Gasteiger partial charge in [-0.2, -0.15) is 5.10 Å². The van der Waals surface area contributed by atoms with Crippen molar-refractivity contribution < 1.29 is 8.42 Å². The van der Waals surface area contributed by atoms with E-state index < -0.39 is 10.0 Å². The van der Waals surface area contributed by atoms with E-state index in [1.54, 1.807) is 12.1 Å². The van der Waals surface area contributed by atoms with Crippen molar-refractivity contribution in [2.45, 2.75) is 11.4 Å². The van der Waals surface area contributed by atoms with Gasteiger partial charge in [0.25, 0.3) is 5.56 Å². The summed E-state index contributed by atoms with van der Waals surface area (Å²) in [5.41, 5.74) is 1.24. The minimum atomic E-state index is -3.66. The lowest BCUT2D eigenvalue weighted by Gasteiger charge is -2.09. The molecule has 0 aliphatic heterocycles. The summed E-state index contributed by atoms with van der Waals surface area (Å²) in [6.07, 6.45) is 2.76. The zero-order valence-corrected chi connectivity index (χ0v) is 14.1. The molecule has 0 aliphatic rings. The van der Waals surface area contributed by atoms with Gasteiger partial charge >= 0.3 is 0 Å². The Hall–Kier alpha value is -2.84. The number of benzene rings is 1. The first-order valence-corrected chi connectivity index (χ1v) is 9.08. The molecule has 0 radical (unpaired) electrons. The molecule has 0 spiro atoms. The second-order valence-electron chi connectivity index (χ2n) is 5.23. The van der Waals surface area contributed by atoms with E-state index in [1.807, 2.05) is 30.3 Å². The van der Waals surface area contributed by atoms with Crippen molar-refractivity contribution >= 4 is 10.0 Å². The summed E-state index contributed by atoms with van der Waals surface area (Å²) in [5.74, 6) is 0. The molecule has 0 unspecified atom stereocenters. The van der Waals surface area contributed by atoms with Gasteiger partial charge in [-0.3, -0.25) is 9.78 Å². The molecule has 0 amide bonds. The van der Waals surface area contributed by atoms with Gasteiger partial charge in [0.05, 0.1) is 12.2 Å². The lowest BCUT2D eigenvalue weighted by Crippen LogP contribution is -2.32. The van der Waals surface area contributed by atoms with E-state index in [0.29, 0.717) is 5.69 Å². The molecule has 0 bridgehead atoms. The summed E-state index contributed by atoms with van der Waals surface area (Å²) < 4.78 is 28.0. The quantitative estimate of drug-likeness (QED) is 0.718. The third-order valence-corrected chi connectivity index (χ3v) is 4.94. The molecule has 7 nitrogen and oxygen atoms in total. The predicted molar refractivity (Wildman–Crippen MR) is 93.4 cm³/mol. The van der Waals surface area contributed by atoms with E-state index in [2.05, 4.69) is 14.8 Å². The molecule has 1 N–H and O–H groups in total. The summed E-state index contributed by atoms with van der Waals surface area (Å²) in [6, 6.07) is 15.5. The summed E-state index contributed by atoms with van der Waals surface area (Å²) in [7, 11) is -3.66. The molecule has 0 aliphatic carbocycles. The summed E-state index contributed by atoms with van der Waals surface area (Å²) in [6.45, 7) is 0.168. The van der Waals surface area contributed by atoms with Gasteiger partial charge in [0.1, 0.15) is 4.90 Å². The molecule has 128 valence electrons. The van der Waals surface area contributed by atoms with Gasteiger partial charge in [-0.15, -0.1) is 0 Å². The van der Waals surface area contributed by atoms with Crippen LogP contribution in [0.2, 0.25) is 0 Å². The van der Waals surface area contributed by atoms with Crippen molar-refractivity contribution in [2.75, 3.05) is 6.54 Å². The predicted octanol–water partition coefficient (Wildman–Crippen LogP) is 1.28. The van der Waals surface area contributed by atoms with Crippen LogP contribution in [0.1, 0.15) is 0 Å². The molecule has 2 aromatic heterocycles. The van der Waals surface area contributed by atoms with Crippen molar-refractivity contribution in [3.05, 3.63) is 77.3 Å². The van der Waals surface area contributed by atoms with Gasteiger partial charge in [-0.1, -0.05) is 30.3 Å². The molecule has 0 saturated heterocycles. The third kappa shape index (κ3) is 4.17. The maximum atomic E-state index is 12.1. The van der Waals surface area contributed by atoms with Crippen LogP contribution in [0.4, 0.5) is 0 Å². The largest absolute Gasteiger partial charge is 0.268 e. The first-order chi connectivity index (χ1) is 12.1. The lowest BCUT2D eigenvalue weighted by atomic mass is 10.1. The number of hydrogen-bond donors (Lipinski definition) is 1. The maximum absolute atomic E-state index is 12.1. The highest BCUT2D eigenvalue weighted by Crippen LogP contribution is 2.13. The van der Waals surface area contributed by atoms with Crippen molar-refractivity contribution in [3.8, 4) is 11.3 Å². The Morgan fingerprint density at radius 2 is 1.80 bits per heavy atom. The number of pyridine rings is 1. The van der Waals surface area contributed by atoms with Crippen LogP contribution in [-0.2, 0) is 16.6 Å². The average molecular weight is 356 g/mol. The highest BCUT2D eigenvalue weighted by Gasteiger charge is 2.13. The van der Waals surface area contributed by atoms with Crippen molar-refractivity contribution in [1.82, 2.24) is 19.5 Å². The highest BCUT2D eigenvalue weighted by molar-refractivity contribution is 7.89. The van der Waals surface area contributed by atoms with Gasteiger partial charge in [0.2, 0.25) is 10.0 Å². The number of nitrogens with one attached hydrogen (secondary N) is 1. The van der Waals surface area contributed by atoms with E-state index >= 15 is 0 Å². The number of rotatable bonds is 6. The number of hydrogen-bond acceptors (Lipinski definition) is 5. The molecule has 8 heteroatoms. The minimum absolute atomic E-state index is 0.0440. The number of aromatic nitrogens is 3. The average Bonchev–Trinajstić information content (AvgIpc) is 2.64. The van der Waals surface area contributed by atoms with Crippen LogP contribution in [0.5, 0.6) is 0 Å². The van der Waals surface area contributed by atoms with Crippen LogP contribution in [0.3, 0.4) is 0 Å². The second-order valence-corrected chi connectivity index (χ2v) is 7.00. The zero-order chi connectivity index (χ0) is 17.7. The molecule has 0 saturated carbocycles. The minimum Gasteiger partial charge on any atom is -0.268 e. The van der Waals surface area contributed by atoms with E-state index in [-0.39, 0.29) is 23.5 Å². The summed E-state index contributed by atoms with van der Waals surface area (Å²) >= 11 is 0. The fraction of sp³-hybridized carbons (Fsp3) is 0.118. The fourth-order valence-corrected chi connectivity index (χ4v) is 3.23. The molecular formula is C17H16N4O3S. The van der Waals surface area contributed by atoms with Crippen LogP contribution in [0.15, 0.2) is 76.7 Å². The second kappa shape index (κ2) is 7.37. The van der Waals surface area contributed by atoms with Gasteiger partial charge in [0.15, 0.2) is 0 Å². The van der Waals surface area contributed by atoms with Crippen LogP contribution in [0, 0.1) is 0 Å². The summed E-state index contributed by atoms with van der Waals surface area (Å²) in [5, 5.41) is 4.29. The molecular weight excluding hydrogens is 340 g/mol. The topological polar surface area (TPSA) is 94.0 Å². The molecule has 0 fully saturated rings. The van der Waals surface area contributed by atoms with Crippen LogP contribution in [0.25, 0.3) is 11.3 Å². The van der Waals surface area contributed by atoms with E-state index in [9.17, 15) is 13.2 Å². The number of nitrogens with zero attached hydrogens (tertiary/aromatic N) is 3.